The summed E-state index contributed by atoms with van der Waals surface area (Å²) >= 11 is 0. The molecule has 1 aromatic carbocycles. The number of hydrogen-bond acceptors (Lipinski definition) is 3. The number of rotatable bonds is 5. The van der Waals surface area contributed by atoms with Crippen molar-refractivity contribution in [2.45, 2.75) is 31.9 Å². The van der Waals surface area contributed by atoms with E-state index in [2.05, 4.69) is 0 Å². The Hall–Kier alpha value is -2.51. The van der Waals surface area contributed by atoms with Crippen molar-refractivity contribution in [2.24, 2.45) is 7.05 Å². The first-order valence-corrected chi connectivity index (χ1v) is 7.37. The molecule has 0 aliphatic heterocycles. The quantitative estimate of drug-likeness (QED) is 0.909. The third-order valence-corrected chi connectivity index (χ3v) is 3.94. The van der Waals surface area contributed by atoms with Gasteiger partial charge in [0.25, 0.3) is 5.56 Å². The first kappa shape index (κ1) is 17.8. The first-order valence-electron chi connectivity index (χ1n) is 7.37. The zero-order valence-electron chi connectivity index (χ0n) is 13.3. The van der Waals surface area contributed by atoms with Gasteiger partial charge in [-0.05, 0) is 18.6 Å². The Kier molecular flexibility index (Phi) is 4.86. The van der Waals surface area contributed by atoms with Crippen LogP contribution in [0.5, 0.6) is 0 Å². The SMILES string of the molecule is C[C@H](CCC(=O)C(F)(F)F)c1c(N)c(=O)n(-c2ccccc2)n1C. The molecular weight excluding hydrogens is 323 g/mol. The topological polar surface area (TPSA) is 70.0 Å². The van der Waals surface area contributed by atoms with Gasteiger partial charge in [-0.1, -0.05) is 25.1 Å². The Balaban J connectivity index is 2.32. The van der Waals surface area contributed by atoms with Crippen LogP contribution in [0.25, 0.3) is 5.69 Å². The number of nitrogens with two attached hydrogens (primary N) is 1. The number of carbonyl (C=O) groups excluding carboxylic acids is 1. The molecule has 0 spiro atoms. The lowest BCUT2D eigenvalue weighted by molar-refractivity contribution is -0.171. The van der Waals surface area contributed by atoms with Gasteiger partial charge in [0.2, 0.25) is 5.78 Å². The van der Waals surface area contributed by atoms with E-state index in [4.69, 9.17) is 5.73 Å². The summed E-state index contributed by atoms with van der Waals surface area (Å²) in [6.07, 6.45) is -5.53. The number of Topliss-reactive ketones (excluding diaryl/α,β-unsaturated/α-hetero) is 1. The van der Waals surface area contributed by atoms with E-state index in [1.165, 1.54) is 9.36 Å². The van der Waals surface area contributed by atoms with Crippen molar-refractivity contribution >= 4 is 11.5 Å². The maximum Gasteiger partial charge on any atom is 0.449 e. The van der Waals surface area contributed by atoms with Crippen LogP contribution in [0.3, 0.4) is 0 Å². The van der Waals surface area contributed by atoms with E-state index in [1.54, 1.807) is 44.3 Å². The van der Waals surface area contributed by atoms with Crippen LogP contribution in [-0.2, 0) is 11.8 Å². The molecule has 0 fully saturated rings. The molecule has 0 bridgehead atoms. The van der Waals surface area contributed by atoms with Crippen molar-refractivity contribution in [3.8, 4) is 5.69 Å². The van der Waals surface area contributed by atoms with Crippen LogP contribution in [0.15, 0.2) is 35.1 Å². The number of para-hydroxylation sites is 1. The Morgan fingerprint density at radius 1 is 1.25 bits per heavy atom. The second-order valence-corrected chi connectivity index (χ2v) is 5.64. The van der Waals surface area contributed by atoms with Gasteiger partial charge in [-0.3, -0.25) is 14.3 Å². The summed E-state index contributed by atoms with van der Waals surface area (Å²) in [4.78, 5) is 23.4. The molecule has 0 radical (unpaired) electrons. The van der Waals surface area contributed by atoms with Crippen molar-refractivity contribution in [3.63, 3.8) is 0 Å². The zero-order chi connectivity index (χ0) is 18.1. The largest absolute Gasteiger partial charge is 0.449 e. The number of ketones is 1. The Bertz CT molecular complexity index is 791. The maximum absolute atomic E-state index is 12.4. The minimum Gasteiger partial charge on any atom is -0.393 e. The van der Waals surface area contributed by atoms with Gasteiger partial charge in [0.05, 0.1) is 11.4 Å². The highest BCUT2D eigenvalue weighted by Crippen LogP contribution is 2.27. The summed E-state index contributed by atoms with van der Waals surface area (Å²) in [5.74, 6) is -2.25. The van der Waals surface area contributed by atoms with E-state index in [9.17, 15) is 22.8 Å². The smallest absolute Gasteiger partial charge is 0.393 e. The Morgan fingerprint density at radius 3 is 2.38 bits per heavy atom. The van der Waals surface area contributed by atoms with E-state index in [1.807, 2.05) is 0 Å². The molecule has 0 saturated heterocycles. The molecule has 1 heterocycles. The fourth-order valence-corrected chi connectivity index (χ4v) is 2.71. The third kappa shape index (κ3) is 3.37. The minimum absolute atomic E-state index is 0.0201. The van der Waals surface area contributed by atoms with Gasteiger partial charge in [0.15, 0.2) is 0 Å². The summed E-state index contributed by atoms with van der Waals surface area (Å²) in [6, 6.07) is 8.77. The molecule has 0 aliphatic rings. The second kappa shape index (κ2) is 6.54. The number of benzene rings is 1. The number of hydrogen-bond donors (Lipinski definition) is 1. The average molecular weight is 341 g/mol. The molecule has 0 aliphatic carbocycles. The molecule has 5 nitrogen and oxygen atoms in total. The average Bonchev–Trinajstić information content (AvgIpc) is 2.74. The number of anilines is 1. The molecular formula is C16H18F3N3O2. The molecule has 2 aromatic rings. The third-order valence-electron chi connectivity index (χ3n) is 3.94. The van der Waals surface area contributed by atoms with E-state index in [0.29, 0.717) is 11.4 Å². The van der Waals surface area contributed by atoms with Crippen LogP contribution in [-0.4, -0.2) is 21.3 Å². The van der Waals surface area contributed by atoms with E-state index >= 15 is 0 Å². The van der Waals surface area contributed by atoms with Gasteiger partial charge >= 0.3 is 6.18 Å². The van der Waals surface area contributed by atoms with Gasteiger partial charge < -0.3 is 5.73 Å². The highest BCUT2D eigenvalue weighted by atomic mass is 19.4. The molecule has 1 atom stereocenters. The lowest BCUT2D eigenvalue weighted by Crippen LogP contribution is -2.23. The fourth-order valence-electron chi connectivity index (χ4n) is 2.71. The number of halogens is 3. The van der Waals surface area contributed by atoms with Crippen molar-refractivity contribution in [2.75, 3.05) is 5.73 Å². The summed E-state index contributed by atoms with van der Waals surface area (Å²) in [7, 11) is 1.61. The molecule has 0 amide bonds. The highest BCUT2D eigenvalue weighted by molar-refractivity contribution is 5.84. The van der Waals surface area contributed by atoms with Crippen molar-refractivity contribution in [3.05, 3.63) is 46.4 Å². The summed E-state index contributed by atoms with van der Waals surface area (Å²) in [5, 5.41) is 0. The molecule has 24 heavy (non-hydrogen) atoms. The number of alkyl halides is 3. The van der Waals surface area contributed by atoms with Gasteiger partial charge in [0.1, 0.15) is 5.69 Å². The van der Waals surface area contributed by atoms with E-state index in [-0.39, 0.29) is 12.1 Å². The second-order valence-electron chi connectivity index (χ2n) is 5.64. The molecule has 130 valence electrons. The predicted octanol–water partition coefficient (Wildman–Crippen LogP) is 2.77. The van der Waals surface area contributed by atoms with Gasteiger partial charge in [0, 0.05) is 19.4 Å². The van der Waals surface area contributed by atoms with Crippen molar-refractivity contribution in [1.29, 1.82) is 0 Å². The maximum atomic E-state index is 12.4. The molecule has 2 rings (SSSR count). The monoisotopic (exact) mass is 341 g/mol. The standard InChI is InChI=1S/C16H18F3N3O2/c1-10(8-9-12(23)16(17,18)19)14-13(20)15(24)22(21(14)2)11-6-4-3-5-7-11/h3-7,10H,8-9,20H2,1-2H3/t10-/m1/s1. The summed E-state index contributed by atoms with van der Waals surface area (Å²) < 4.78 is 39.8. The van der Waals surface area contributed by atoms with Gasteiger partial charge in [-0.25, -0.2) is 4.68 Å². The number of nitrogens with zero attached hydrogens (tertiary/aromatic N) is 2. The zero-order valence-corrected chi connectivity index (χ0v) is 13.3. The molecule has 1 aromatic heterocycles. The molecule has 2 N–H and O–H groups in total. The van der Waals surface area contributed by atoms with E-state index < -0.39 is 29.9 Å². The first-order chi connectivity index (χ1) is 11.1. The van der Waals surface area contributed by atoms with Gasteiger partial charge in [-0.15, -0.1) is 0 Å². The van der Waals surface area contributed by atoms with Crippen molar-refractivity contribution < 1.29 is 18.0 Å². The lowest BCUT2D eigenvalue weighted by atomic mass is 9.99. The molecule has 8 heteroatoms. The summed E-state index contributed by atoms with van der Waals surface area (Å²) in [6.45, 7) is 1.64. The number of carbonyl (C=O) groups is 1. The van der Waals surface area contributed by atoms with Crippen LogP contribution in [0.4, 0.5) is 18.9 Å². The van der Waals surface area contributed by atoms with Crippen LogP contribution >= 0.6 is 0 Å². The lowest BCUT2D eigenvalue weighted by Gasteiger charge is -2.15. The molecule has 0 saturated carbocycles. The van der Waals surface area contributed by atoms with Crippen LogP contribution in [0.1, 0.15) is 31.4 Å². The number of nitrogen functional groups attached to an aromatic ring is 1. The highest BCUT2D eigenvalue weighted by Gasteiger charge is 2.37. The normalized spacial score (nSPS) is 13.0. The Morgan fingerprint density at radius 2 is 1.83 bits per heavy atom. The fraction of sp³-hybridized carbons (Fsp3) is 0.375. The van der Waals surface area contributed by atoms with E-state index in [0.717, 1.165) is 0 Å². The number of aromatic nitrogens is 2. The molecule has 0 unspecified atom stereocenters. The van der Waals surface area contributed by atoms with Gasteiger partial charge in [-0.2, -0.15) is 13.2 Å². The summed E-state index contributed by atoms with van der Waals surface area (Å²) in [5.41, 5.74) is 6.43. The Labute approximate surface area is 136 Å². The predicted molar refractivity (Wildman–Crippen MR) is 84.1 cm³/mol. The minimum atomic E-state index is -4.84. The van der Waals surface area contributed by atoms with Crippen molar-refractivity contribution in [1.82, 2.24) is 9.36 Å². The van der Waals surface area contributed by atoms with Crippen LogP contribution in [0.2, 0.25) is 0 Å². The van der Waals surface area contributed by atoms with Crippen LogP contribution < -0.4 is 11.3 Å². The van der Waals surface area contributed by atoms with Crippen LogP contribution in [0, 0.1) is 0 Å².